The third kappa shape index (κ3) is 3.36. The maximum absolute atomic E-state index is 11.1. The van der Waals surface area contributed by atoms with Gasteiger partial charge >= 0.3 is 5.97 Å². The second kappa shape index (κ2) is 6.52. The van der Waals surface area contributed by atoms with Crippen molar-refractivity contribution in [3.63, 3.8) is 0 Å². The topological polar surface area (TPSA) is 69.9 Å². The summed E-state index contributed by atoms with van der Waals surface area (Å²) in [4.78, 5) is 11.1. The Morgan fingerprint density at radius 3 is 1.89 bits per heavy atom. The van der Waals surface area contributed by atoms with Gasteiger partial charge in [-0.25, -0.2) is 4.79 Å². The van der Waals surface area contributed by atoms with E-state index >= 15 is 0 Å². The summed E-state index contributed by atoms with van der Waals surface area (Å²) < 4.78 is 0. The van der Waals surface area contributed by atoms with Gasteiger partial charge in [0.2, 0.25) is 0 Å². The van der Waals surface area contributed by atoms with Gasteiger partial charge in [0.05, 0.1) is 5.56 Å². The molecule has 1 aliphatic rings. The van der Waals surface area contributed by atoms with Crippen LogP contribution in [0.25, 0.3) is 0 Å². The van der Waals surface area contributed by atoms with Crippen LogP contribution in [0.1, 0.15) is 78.7 Å². The average molecular weight is 365 g/mol. The molecule has 0 unspecified atom stereocenters. The second-order valence-corrected chi connectivity index (χ2v) is 8.81. The van der Waals surface area contributed by atoms with E-state index in [0.29, 0.717) is 11.3 Å². The van der Waals surface area contributed by atoms with E-state index < -0.39 is 5.97 Å². The fourth-order valence-corrected chi connectivity index (χ4v) is 4.02. The van der Waals surface area contributed by atoms with E-state index in [-0.39, 0.29) is 16.4 Å². The Hall–Kier alpha value is -2.62. The van der Waals surface area contributed by atoms with Crippen LogP contribution in [0.4, 0.5) is 0 Å². The molecule has 0 atom stereocenters. The summed E-state index contributed by atoms with van der Waals surface area (Å²) in [6.45, 7) is 11.1. The minimum absolute atomic E-state index is 0.0566. The summed E-state index contributed by atoms with van der Waals surface area (Å²) in [5.41, 5.74) is 6.13. The Morgan fingerprint density at radius 2 is 1.41 bits per heavy atom. The van der Waals surface area contributed by atoms with Crippen molar-refractivity contribution in [2.45, 2.75) is 58.3 Å². The Kier molecular flexibility index (Phi) is 4.62. The van der Waals surface area contributed by atoms with Crippen molar-refractivity contribution in [3.05, 3.63) is 69.8 Å². The van der Waals surface area contributed by atoms with Gasteiger partial charge in [-0.15, -0.1) is 0 Å². The molecule has 0 fully saturated rings. The van der Waals surface area contributed by atoms with Crippen LogP contribution in [0, 0.1) is 6.92 Å². The van der Waals surface area contributed by atoms with Crippen LogP contribution in [-0.2, 0) is 10.8 Å². The average Bonchev–Trinajstić information content (AvgIpc) is 2.61. The summed E-state index contributed by atoms with van der Waals surface area (Å²) in [7, 11) is 0. The molecule has 3 rings (SSSR count). The van der Waals surface area contributed by atoms with Crippen LogP contribution in [0.3, 0.4) is 0 Å². The van der Waals surface area contributed by atoms with E-state index in [9.17, 15) is 10.0 Å². The lowest BCUT2D eigenvalue weighted by Gasteiger charge is -2.42. The number of carboxylic acids is 1. The third-order valence-corrected chi connectivity index (χ3v) is 5.96. The summed E-state index contributed by atoms with van der Waals surface area (Å²) in [6, 6.07) is 10.8. The van der Waals surface area contributed by atoms with Crippen LogP contribution in [-0.4, -0.2) is 22.0 Å². The van der Waals surface area contributed by atoms with Gasteiger partial charge in [0, 0.05) is 11.1 Å². The maximum atomic E-state index is 11.1. The lowest BCUT2D eigenvalue weighted by atomic mass is 9.62. The van der Waals surface area contributed by atoms with E-state index in [4.69, 9.17) is 5.11 Å². The second-order valence-electron chi connectivity index (χ2n) is 8.81. The molecule has 2 N–H and O–H groups in total. The van der Waals surface area contributed by atoms with Crippen molar-refractivity contribution in [1.29, 1.82) is 0 Å². The first-order chi connectivity index (χ1) is 12.6. The number of nitrogens with zero attached hydrogens (tertiary/aromatic N) is 1. The Bertz CT molecular complexity index is 921. The summed E-state index contributed by atoms with van der Waals surface area (Å²) in [5.74, 6) is -0.974. The highest BCUT2D eigenvalue weighted by atomic mass is 16.4. The van der Waals surface area contributed by atoms with E-state index in [1.165, 1.54) is 23.3 Å². The Labute approximate surface area is 160 Å². The zero-order valence-electron chi connectivity index (χ0n) is 16.6. The smallest absolute Gasteiger partial charge is 0.335 e. The van der Waals surface area contributed by atoms with Crippen molar-refractivity contribution < 1.29 is 15.1 Å². The molecule has 0 aromatic heterocycles. The number of benzene rings is 2. The Balaban J connectivity index is 2.15. The van der Waals surface area contributed by atoms with E-state index in [2.05, 4.69) is 45.0 Å². The third-order valence-electron chi connectivity index (χ3n) is 5.96. The monoisotopic (exact) mass is 365 g/mol. The van der Waals surface area contributed by atoms with Gasteiger partial charge in [-0.05, 0) is 65.5 Å². The molecule has 0 aliphatic heterocycles. The van der Waals surface area contributed by atoms with Gasteiger partial charge in [-0.1, -0.05) is 51.0 Å². The van der Waals surface area contributed by atoms with Crippen LogP contribution < -0.4 is 0 Å². The van der Waals surface area contributed by atoms with Crippen LogP contribution >= 0.6 is 0 Å². The lowest BCUT2D eigenvalue weighted by Crippen LogP contribution is -2.34. The van der Waals surface area contributed by atoms with Gasteiger partial charge in [0.25, 0.3) is 0 Å². The molecule has 0 amide bonds. The zero-order chi connectivity index (χ0) is 20.0. The van der Waals surface area contributed by atoms with Gasteiger partial charge in [-0.3, -0.25) is 0 Å². The number of fused-ring (bicyclic) bond motifs is 1. The predicted octanol–water partition coefficient (Wildman–Crippen LogP) is 5.27. The molecule has 0 heterocycles. The fraction of sp³-hybridized carbons (Fsp3) is 0.391. The van der Waals surface area contributed by atoms with Crippen LogP contribution in [0.15, 0.2) is 41.6 Å². The first-order valence-electron chi connectivity index (χ1n) is 9.28. The molecule has 0 saturated carbocycles. The lowest BCUT2D eigenvalue weighted by molar-refractivity contribution is 0.0697. The first kappa shape index (κ1) is 19.2. The number of carboxylic acid groups (broad SMARTS) is 1. The highest BCUT2D eigenvalue weighted by Crippen LogP contribution is 2.46. The summed E-state index contributed by atoms with van der Waals surface area (Å²) in [5, 5.41) is 22.4. The molecular formula is C23H27NO3. The predicted molar refractivity (Wildman–Crippen MR) is 107 cm³/mol. The molecular weight excluding hydrogens is 338 g/mol. The molecule has 0 bridgehead atoms. The highest BCUT2D eigenvalue weighted by Gasteiger charge is 2.37. The summed E-state index contributed by atoms with van der Waals surface area (Å²) >= 11 is 0. The van der Waals surface area contributed by atoms with Gasteiger partial charge in [0.15, 0.2) is 0 Å². The first-order valence-corrected chi connectivity index (χ1v) is 9.28. The van der Waals surface area contributed by atoms with Crippen molar-refractivity contribution in [1.82, 2.24) is 0 Å². The Morgan fingerprint density at radius 1 is 0.926 bits per heavy atom. The maximum Gasteiger partial charge on any atom is 0.335 e. The SMILES string of the molecule is Cc1cc2c(cc1/C(=N/O)c1ccc(C(=O)O)cc1)C(C)(C)CCC2(C)C. The van der Waals surface area contributed by atoms with Crippen LogP contribution in [0.2, 0.25) is 0 Å². The molecule has 4 heteroatoms. The molecule has 27 heavy (non-hydrogen) atoms. The quantitative estimate of drug-likeness (QED) is 0.442. The van der Waals surface area contributed by atoms with Gasteiger partial charge in [-0.2, -0.15) is 0 Å². The fourth-order valence-electron chi connectivity index (χ4n) is 4.02. The number of hydrogen-bond acceptors (Lipinski definition) is 3. The van der Waals surface area contributed by atoms with Gasteiger partial charge < -0.3 is 10.3 Å². The van der Waals surface area contributed by atoms with Crippen molar-refractivity contribution in [2.24, 2.45) is 5.16 Å². The highest BCUT2D eigenvalue weighted by molar-refractivity contribution is 6.13. The number of carbonyl (C=O) groups is 1. The molecule has 2 aromatic rings. The van der Waals surface area contributed by atoms with E-state index in [1.54, 1.807) is 12.1 Å². The molecule has 4 nitrogen and oxygen atoms in total. The number of hydrogen-bond donors (Lipinski definition) is 2. The number of aryl methyl sites for hydroxylation is 1. The van der Waals surface area contributed by atoms with Crippen molar-refractivity contribution in [3.8, 4) is 0 Å². The molecule has 0 spiro atoms. The van der Waals surface area contributed by atoms with Gasteiger partial charge in [0.1, 0.15) is 5.71 Å². The largest absolute Gasteiger partial charge is 0.478 e. The zero-order valence-corrected chi connectivity index (χ0v) is 16.6. The molecule has 1 aliphatic carbocycles. The minimum Gasteiger partial charge on any atom is -0.478 e. The standard InChI is InChI=1S/C23H27NO3/c1-14-12-18-19(23(4,5)11-10-22(18,2)3)13-17(14)20(24-27)15-6-8-16(9-7-15)21(25)26/h6-9,12-13,27H,10-11H2,1-5H3,(H,25,26)/b24-20+. The number of aromatic carboxylic acids is 1. The van der Waals surface area contributed by atoms with E-state index in [0.717, 1.165) is 24.0 Å². The minimum atomic E-state index is -0.974. The normalized spacial score (nSPS) is 18.0. The van der Waals surface area contributed by atoms with Crippen molar-refractivity contribution >= 4 is 11.7 Å². The molecule has 142 valence electrons. The summed E-state index contributed by atoms with van der Waals surface area (Å²) in [6.07, 6.45) is 2.25. The molecule has 2 aromatic carbocycles. The number of oxime groups is 1. The molecule has 0 saturated heterocycles. The van der Waals surface area contributed by atoms with E-state index in [1.807, 2.05) is 6.92 Å². The molecule has 0 radical (unpaired) electrons. The number of rotatable bonds is 3. The van der Waals surface area contributed by atoms with Crippen LogP contribution in [0.5, 0.6) is 0 Å². The van der Waals surface area contributed by atoms with Crippen molar-refractivity contribution in [2.75, 3.05) is 0 Å².